The van der Waals surface area contributed by atoms with Crippen LogP contribution in [0.4, 0.5) is 5.69 Å². The summed E-state index contributed by atoms with van der Waals surface area (Å²) in [6.07, 6.45) is 6.46. The molecule has 1 heterocycles. The van der Waals surface area contributed by atoms with E-state index in [1.54, 1.807) is 0 Å². The van der Waals surface area contributed by atoms with Gasteiger partial charge in [0.25, 0.3) is 0 Å². The monoisotopic (exact) mass is 350 g/mol. The molecule has 1 saturated heterocycles. The van der Waals surface area contributed by atoms with E-state index in [-0.39, 0.29) is 5.91 Å². The highest BCUT2D eigenvalue weighted by molar-refractivity contribution is 5.93. The molecule has 4 rings (SSSR count). The van der Waals surface area contributed by atoms with Gasteiger partial charge in [-0.25, -0.2) is 0 Å². The fourth-order valence-corrected chi connectivity index (χ4v) is 4.35. The fraction of sp³-hybridized carbons (Fsp3) is 0.409. The number of para-hydroxylation sites is 3. The van der Waals surface area contributed by atoms with Crippen LogP contribution in [-0.4, -0.2) is 29.9 Å². The molecule has 4 heteroatoms. The molecule has 1 amide bonds. The van der Waals surface area contributed by atoms with Crippen LogP contribution in [0.3, 0.4) is 0 Å². The summed E-state index contributed by atoms with van der Waals surface area (Å²) in [4.78, 5) is 15.0. The molecule has 0 radical (unpaired) electrons. The van der Waals surface area contributed by atoms with Crippen molar-refractivity contribution in [1.29, 1.82) is 0 Å². The minimum atomic E-state index is 0.0420. The van der Waals surface area contributed by atoms with Crippen molar-refractivity contribution in [2.45, 2.75) is 38.1 Å². The molecular formula is C22H26N2O2. The Morgan fingerprint density at radius 1 is 1.00 bits per heavy atom. The predicted octanol–water partition coefficient (Wildman–Crippen LogP) is 4.68. The van der Waals surface area contributed by atoms with Gasteiger partial charge in [-0.15, -0.1) is 0 Å². The van der Waals surface area contributed by atoms with E-state index >= 15 is 0 Å². The number of anilines is 1. The minimum Gasteiger partial charge on any atom is -0.455 e. The molecule has 1 saturated carbocycles. The normalized spacial score (nSPS) is 22.6. The maximum Gasteiger partial charge on any atom is 0.238 e. The molecule has 2 unspecified atom stereocenters. The number of benzene rings is 2. The minimum absolute atomic E-state index is 0.0420. The zero-order valence-electron chi connectivity index (χ0n) is 15.1. The van der Waals surface area contributed by atoms with Crippen LogP contribution < -0.4 is 10.1 Å². The van der Waals surface area contributed by atoms with Gasteiger partial charge in [-0.2, -0.15) is 0 Å². The molecule has 26 heavy (non-hydrogen) atoms. The zero-order valence-corrected chi connectivity index (χ0v) is 15.1. The first kappa shape index (κ1) is 17.1. The van der Waals surface area contributed by atoms with Crippen LogP contribution in [0, 0.1) is 5.92 Å². The van der Waals surface area contributed by atoms with Crippen LogP contribution in [-0.2, 0) is 4.79 Å². The van der Waals surface area contributed by atoms with Gasteiger partial charge in [-0.05, 0) is 56.0 Å². The molecule has 2 aliphatic rings. The van der Waals surface area contributed by atoms with Gasteiger partial charge in [0.1, 0.15) is 5.75 Å². The van der Waals surface area contributed by atoms with E-state index in [9.17, 15) is 4.79 Å². The van der Waals surface area contributed by atoms with Gasteiger partial charge in [-0.3, -0.25) is 9.69 Å². The summed E-state index contributed by atoms with van der Waals surface area (Å²) in [7, 11) is 0. The van der Waals surface area contributed by atoms with E-state index in [1.807, 2.05) is 54.6 Å². The highest BCUT2D eigenvalue weighted by Crippen LogP contribution is 2.36. The Hall–Kier alpha value is -2.33. The Labute approximate surface area is 155 Å². The molecule has 0 bridgehead atoms. The summed E-state index contributed by atoms with van der Waals surface area (Å²) in [6.45, 7) is 1.52. The summed E-state index contributed by atoms with van der Waals surface area (Å²) < 4.78 is 5.94. The molecule has 0 aromatic heterocycles. The van der Waals surface area contributed by atoms with Crippen LogP contribution in [0.5, 0.6) is 11.5 Å². The molecule has 4 nitrogen and oxygen atoms in total. The van der Waals surface area contributed by atoms with E-state index in [0.717, 1.165) is 23.9 Å². The number of hydrogen-bond donors (Lipinski definition) is 1. The van der Waals surface area contributed by atoms with Gasteiger partial charge in [0.15, 0.2) is 5.75 Å². The molecule has 1 aliphatic heterocycles. The lowest BCUT2D eigenvalue weighted by molar-refractivity contribution is -0.117. The highest BCUT2D eigenvalue weighted by Gasteiger charge is 2.36. The van der Waals surface area contributed by atoms with Crippen molar-refractivity contribution in [1.82, 2.24) is 4.90 Å². The molecule has 2 aromatic rings. The maximum absolute atomic E-state index is 12.6. The second kappa shape index (κ2) is 7.92. The Bertz CT molecular complexity index is 747. The predicted molar refractivity (Wildman–Crippen MR) is 104 cm³/mol. The van der Waals surface area contributed by atoms with Gasteiger partial charge >= 0.3 is 0 Å². The standard InChI is InChI=1S/C22H26N2O2/c25-22(16-24-15-14-17-8-4-6-12-20(17)24)23-19-11-5-7-13-21(19)26-18-9-2-1-3-10-18/h1-3,5,7,9-11,13,17,20H,4,6,8,12,14-16H2,(H,23,25). The number of ether oxygens (including phenoxy) is 1. The third-order valence-corrected chi connectivity index (χ3v) is 5.60. The molecule has 1 N–H and O–H groups in total. The topological polar surface area (TPSA) is 41.6 Å². The number of carbonyl (C=O) groups is 1. The average Bonchev–Trinajstić information content (AvgIpc) is 3.07. The number of rotatable bonds is 5. The third kappa shape index (κ3) is 3.91. The van der Waals surface area contributed by atoms with Crippen LogP contribution in [0.15, 0.2) is 54.6 Å². The van der Waals surface area contributed by atoms with Crippen LogP contribution in [0.2, 0.25) is 0 Å². The zero-order chi connectivity index (χ0) is 17.8. The number of carbonyl (C=O) groups excluding carboxylic acids is 1. The maximum atomic E-state index is 12.6. The number of hydrogen-bond acceptors (Lipinski definition) is 3. The van der Waals surface area contributed by atoms with E-state index in [1.165, 1.54) is 32.1 Å². The summed E-state index contributed by atoms with van der Waals surface area (Å²) in [6, 6.07) is 17.9. The van der Waals surface area contributed by atoms with Gasteiger partial charge in [0, 0.05) is 6.04 Å². The van der Waals surface area contributed by atoms with Crippen molar-refractivity contribution in [3.63, 3.8) is 0 Å². The van der Waals surface area contributed by atoms with Crippen LogP contribution in [0.25, 0.3) is 0 Å². The SMILES string of the molecule is O=C(CN1CCC2CCCCC21)Nc1ccccc1Oc1ccccc1. The fourth-order valence-electron chi connectivity index (χ4n) is 4.35. The van der Waals surface area contributed by atoms with Crippen molar-refractivity contribution < 1.29 is 9.53 Å². The molecule has 2 atom stereocenters. The lowest BCUT2D eigenvalue weighted by Gasteiger charge is -2.31. The number of likely N-dealkylation sites (tertiary alicyclic amines) is 1. The first-order valence-corrected chi connectivity index (χ1v) is 9.65. The summed E-state index contributed by atoms with van der Waals surface area (Å²) in [5, 5.41) is 3.05. The van der Waals surface area contributed by atoms with Crippen molar-refractivity contribution in [2.75, 3.05) is 18.4 Å². The number of nitrogens with zero attached hydrogens (tertiary/aromatic N) is 1. The molecule has 2 fully saturated rings. The average molecular weight is 350 g/mol. The highest BCUT2D eigenvalue weighted by atomic mass is 16.5. The van der Waals surface area contributed by atoms with Crippen LogP contribution in [0.1, 0.15) is 32.1 Å². The van der Waals surface area contributed by atoms with E-state index in [4.69, 9.17) is 4.74 Å². The van der Waals surface area contributed by atoms with Gasteiger partial charge in [0.05, 0.1) is 12.2 Å². The number of fused-ring (bicyclic) bond motifs is 1. The Balaban J connectivity index is 1.40. The lowest BCUT2D eigenvalue weighted by Crippen LogP contribution is -2.39. The lowest BCUT2D eigenvalue weighted by atomic mass is 9.85. The molecule has 0 spiro atoms. The van der Waals surface area contributed by atoms with Crippen molar-refractivity contribution >= 4 is 11.6 Å². The summed E-state index contributed by atoms with van der Waals surface area (Å²) >= 11 is 0. The first-order chi connectivity index (χ1) is 12.8. The van der Waals surface area contributed by atoms with E-state index < -0.39 is 0 Å². The molecule has 2 aromatic carbocycles. The summed E-state index contributed by atoms with van der Waals surface area (Å²) in [5.74, 6) is 2.27. The Morgan fingerprint density at radius 3 is 2.65 bits per heavy atom. The van der Waals surface area contributed by atoms with Crippen molar-refractivity contribution in [2.24, 2.45) is 5.92 Å². The second-order valence-corrected chi connectivity index (χ2v) is 7.33. The smallest absolute Gasteiger partial charge is 0.238 e. The van der Waals surface area contributed by atoms with Crippen molar-refractivity contribution in [3.05, 3.63) is 54.6 Å². The van der Waals surface area contributed by atoms with Crippen molar-refractivity contribution in [3.8, 4) is 11.5 Å². The summed E-state index contributed by atoms with van der Waals surface area (Å²) in [5.41, 5.74) is 0.723. The second-order valence-electron chi connectivity index (χ2n) is 7.33. The largest absolute Gasteiger partial charge is 0.455 e. The first-order valence-electron chi connectivity index (χ1n) is 9.65. The van der Waals surface area contributed by atoms with Gasteiger partial charge in [0.2, 0.25) is 5.91 Å². The molecule has 1 aliphatic carbocycles. The van der Waals surface area contributed by atoms with Crippen LogP contribution >= 0.6 is 0 Å². The number of nitrogens with one attached hydrogen (secondary N) is 1. The Kier molecular flexibility index (Phi) is 5.21. The third-order valence-electron chi connectivity index (χ3n) is 5.60. The molecular weight excluding hydrogens is 324 g/mol. The number of amides is 1. The molecule has 136 valence electrons. The Morgan fingerprint density at radius 2 is 1.77 bits per heavy atom. The quantitative estimate of drug-likeness (QED) is 0.851. The van der Waals surface area contributed by atoms with E-state index in [2.05, 4.69) is 10.2 Å². The van der Waals surface area contributed by atoms with Gasteiger partial charge in [-0.1, -0.05) is 43.2 Å². The van der Waals surface area contributed by atoms with E-state index in [0.29, 0.717) is 18.3 Å². The van der Waals surface area contributed by atoms with Gasteiger partial charge < -0.3 is 10.1 Å².